The van der Waals surface area contributed by atoms with Crippen molar-refractivity contribution in [3.05, 3.63) is 261 Å². The van der Waals surface area contributed by atoms with Gasteiger partial charge in [-0.1, -0.05) is 203 Å². The van der Waals surface area contributed by atoms with Crippen LogP contribution in [0.15, 0.2) is 255 Å². The van der Waals surface area contributed by atoms with E-state index in [1.54, 1.807) is 0 Å². The highest BCUT2D eigenvalue weighted by molar-refractivity contribution is 5.94. The maximum atomic E-state index is 4.78. The van der Waals surface area contributed by atoms with Crippen LogP contribution in [0.25, 0.3) is 112 Å². The number of hydrogen-bond donors (Lipinski definition) is 0. The quantitative estimate of drug-likeness (QED) is 0.137. The Morgan fingerprint density at radius 1 is 0.229 bits per heavy atom. The predicted molar refractivity (Wildman–Crippen MR) is 293 cm³/mol. The van der Waals surface area contributed by atoms with Crippen LogP contribution in [0, 0.1) is 0 Å². The second-order valence-corrected chi connectivity index (χ2v) is 18.9. The summed E-state index contributed by atoms with van der Waals surface area (Å²) in [5.41, 5.74) is 23.6. The van der Waals surface area contributed by atoms with Crippen LogP contribution in [-0.2, 0) is 5.41 Å². The van der Waals surface area contributed by atoms with E-state index in [4.69, 9.17) is 9.97 Å². The number of aromatic nitrogens is 3. The third kappa shape index (κ3) is 9.13. The molecular weight excluding hydrogens is 847 g/mol. The first-order chi connectivity index (χ1) is 34.3. The van der Waals surface area contributed by atoms with Crippen molar-refractivity contribution in [1.82, 2.24) is 15.0 Å². The minimum absolute atomic E-state index is 0.0359. The molecular formula is C67H51N3. The van der Waals surface area contributed by atoms with Gasteiger partial charge in [0.05, 0.1) is 17.1 Å². The average molecular weight is 898 g/mol. The molecule has 0 N–H and O–H groups in total. The minimum atomic E-state index is 0.0359. The Balaban J connectivity index is 1.02. The molecule has 0 saturated carbocycles. The molecule has 0 spiro atoms. The summed E-state index contributed by atoms with van der Waals surface area (Å²) in [6, 6.07) is 85.1. The van der Waals surface area contributed by atoms with E-state index in [0.717, 1.165) is 95.0 Å². The van der Waals surface area contributed by atoms with Crippen LogP contribution >= 0.6 is 0 Å². The van der Waals surface area contributed by atoms with E-state index >= 15 is 0 Å². The topological polar surface area (TPSA) is 38.7 Å². The lowest BCUT2D eigenvalue weighted by molar-refractivity contribution is 0.589. The predicted octanol–water partition coefficient (Wildman–Crippen LogP) is 17.8. The highest BCUT2D eigenvalue weighted by Gasteiger charge is 2.18. The van der Waals surface area contributed by atoms with E-state index in [1.807, 2.05) is 36.8 Å². The molecule has 0 saturated heterocycles. The number of nitrogens with zero attached hydrogens (tertiary/aromatic N) is 3. The Bertz CT molecular complexity index is 3590. The molecule has 0 aliphatic heterocycles. The molecule has 0 aliphatic rings. The molecule has 0 bridgehead atoms. The van der Waals surface area contributed by atoms with Crippen LogP contribution in [-0.4, -0.2) is 15.0 Å². The van der Waals surface area contributed by atoms with Crippen molar-refractivity contribution in [2.75, 3.05) is 0 Å². The second kappa shape index (κ2) is 19.1. The Morgan fingerprint density at radius 3 is 1.01 bits per heavy atom. The molecule has 0 unspecified atom stereocenters. The van der Waals surface area contributed by atoms with Gasteiger partial charge in [0.1, 0.15) is 0 Å². The van der Waals surface area contributed by atoms with Crippen LogP contribution in [0.4, 0.5) is 0 Å². The summed E-state index contributed by atoms with van der Waals surface area (Å²) in [6.07, 6.45) is 5.67. The summed E-state index contributed by atoms with van der Waals surface area (Å²) >= 11 is 0. The minimum Gasteiger partial charge on any atom is -0.256 e. The number of pyridine rings is 3. The van der Waals surface area contributed by atoms with Gasteiger partial charge < -0.3 is 0 Å². The van der Waals surface area contributed by atoms with Gasteiger partial charge in [0, 0.05) is 35.3 Å². The van der Waals surface area contributed by atoms with Crippen LogP contribution in [0.1, 0.15) is 26.3 Å². The molecule has 70 heavy (non-hydrogen) atoms. The molecule has 11 rings (SSSR count). The lowest BCUT2D eigenvalue weighted by atomic mass is 9.86. The third-order valence-electron chi connectivity index (χ3n) is 13.3. The fraction of sp³-hybridized carbons (Fsp3) is 0.0597. The van der Waals surface area contributed by atoms with E-state index in [-0.39, 0.29) is 5.41 Å². The molecule has 3 heterocycles. The molecule has 3 aromatic heterocycles. The van der Waals surface area contributed by atoms with E-state index in [1.165, 1.54) is 22.3 Å². The maximum absolute atomic E-state index is 4.78. The normalized spacial score (nSPS) is 11.4. The summed E-state index contributed by atoms with van der Waals surface area (Å²) in [6.45, 7) is 6.73. The van der Waals surface area contributed by atoms with Crippen molar-refractivity contribution < 1.29 is 0 Å². The molecule has 0 fully saturated rings. The zero-order chi connectivity index (χ0) is 47.4. The first-order valence-corrected chi connectivity index (χ1v) is 24.0. The third-order valence-corrected chi connectivity index (χ3v) is 13.3. The van der Waals surface area contributed by atoms with Gasteiger partial charge in [-0.3, -0.25) is 15.0 Å². The summed E-state index contributed by atoms with van der Waals surface area (Å²) in [5.74, 6) is 0. The van der Waals surface area contributed by atoms with Gasteiger partial charge in [-0.05, 0) is 143 Å². The summed E-state index contributed by atoms with van der Waals surface area (Å²) in [4.78, 5) is 14.2. The SMILES string of the molecule is CC(C)(C)c1ccnc(-c2ccc(-c3ccccc3-c3cc(-c4ccccc4-c4ccc(-c5ccccn5)cc4)cc(-c4ccccc4-c4ccc(-c5cc(-c6ccccc6)ccn5)cc4)c3)cc2)c1. The Labute approximate surface area is 411 Å². The van der Waals surface area contributed by atoms with Gasteiger partial charge in [-0.15, -0.1) is 0 Å². The molecule has 0 aliphatic carbocycles. The first-order valence-electron chi connectivity index (χ1n) is 24.0. The standard InChI is InChI=1S/C67H51N3/c1-67(2,3)57-37-40-70-66(45-57)52-34-28-49(29-35-52)60-19-9-12-22-63(60)56-42-54(61-20-10-7-17-58(61)47-24-30-50(31-25-47)64-23-13-14-38-68-64)41-55(43-56)62-21-11-8-18-59(62)48-26-32-51(33-27-48)65-44-53(36-39-69-65)46-15-5-4-6-16-46/h4-45H,1-3H3. The van der Waals surface area contributed by atoms with Gasteiger partial charge in [-0.2, -0.15) is 0 Å². The molecule has 8 aromatic carbocycles. The number of rotatable bonds is 10. The monoisotopic (exact) mass is 897 g/mol. The van der Waals surface area contributed by atoms with Crippen LogP contribution in [0.3, 0.4) is 0 Å². The fourth-order valence-corrected chi connectivity index (χ4v) is 9.50. The number of hydrogen-bond acceptors (Lipinski definition) is 3. The van der Waals surface area contributed by atoms with Crippen molar-refractivity contribution in [3.8, 4) is 112 Å². The molecule has 3 nitrogen and oxygen atoms in total. The first kappa shape index (κ1) is 43.8. The lowest BCUT2D eigenvalue weighted by Gasteiger charge is -2.19. The van der Waals surface area contributed by atoms with Crippen LogP contribution < -0.4 is 0 Å². The largest absolute Gasteiger partial charge is 0.256 e. The van der Waals surface area contributed by atoms with E-state index < -0.39 is 0 Å². The van der Waals surface area contributed by atoms with Crippen molar-refractivity contribution in [2.45, 2.75) is 26.2 Å². The molecule has 11 aromatic rings. The van der Waals surface area contributed by atoms with Gasteiger partial charge in [0.25, 0.3) is 0 Å². The summed E-state index contributed by atoms with van der Waals surface area (Å²) < 4.78 is 0. The average Bonchev–Trinajstić information content (AvgIpc) is 3.43. The molecule has 3 heteroatoms. The van der Waals surface area contributed by atoms with Crippen molar-refractivity contribution in [2.24, 2.45) is 0 Å². The highest BCUT2D eigenvalue weighted by Crippen LogP contribution is 2.43. The zero-order valence-corrected chi connectivity index (χ0v) is 39.6. The second-order valence-electron chi connectivity index (χ2n) is 18.9. The van der Waals surface area contributed by atoms with E-state index in [0.29, 0.717) is 0 Å². The van der Waals surface area contributed by atoms with E-state index in [9.17, 15) is 0 Å². The Morgan fingerprint density at radius 2 is 0.586 bits per heavy atom. The van der Waals surface area contributed by atoms with Gasteiger partial charge in [0.2, 0.25) is 0 Å². The van der Waals surface area contributed by atoms with Gasteiger partial charge >= 0.3 is 0 Å². The molecule has 334 valence electrons. The Kier molecular flexibility index (Phi) is 11.9. The summed E-state index contributed by atoms with van der Waals surface area (Å²) in [5, 5.41) is 0. The smallest absolute Gasteiger partial charge is 0.0708 e. The van der Waals surface area contributed by atoms with Crippen LogP contribution in [0.2, 0.25) is 0 Å². The van der Waals surface area contributed by atoms with Gasteiger partial charge in [-0.25, -0.2) is 0 Å². The maximum Gasteiger partial charge on any atom is 0.0708 e. The molecule has 0 amide bonds. The van der Waals surface area contributed by atoms with Crippen molar-refractivity contribution in [1.29, 1.82) is 0 Å². The van der Waals surface area contributed by atoms with Crippen molar-refractivity contribution in [3.63, 3.8) is 0 Å². The molecule has 0 atom stereocenters. The van der Waals surface area contributed by atoms with Gasteiger partial charge in [0.15, 0.2) is 0 Å². The van der Waals surface area contributed by atoms with Crippen LogP contribution in [0.5, 0.6) is 0 Å². The molecule has 0 radical (unpaired) electrons. The van der Waals surface area contributed by atoms with Crippen molar-refractivity contribution >= 4 is 0 Å². The zero-order valence-electron chi connectivity index (χ0n) is 39.6. The van der Waals surface area contributed by atoms with E-state index in [2.05, 4.69) is 244 Å². The number of benzene rings is 8. The summed E-state index contributed by atoms with van der Waals surface area (Å²) in [7, 11) is 0. The highest BCUT2D eigenvalue weighted by atomic mass is 14.7. The fourth-order valence-electron chi connectivity index (χ4n) is 9.50. The lowest BCUT2D eigenvalue weighted by Crippen LogP contribution is -2.11. The Hall–Kier alpha value is -8.79.